The van der Waals surface area contributed by atoms with Gasteiger partial charge in [-0.25, -0.2) is 4.39 Å². The first kappa shape index (κ1) is 21.7. The fourth-order valence-corrected chi connectivity index (χ4v) is 5.44. The van der Waals surface area contributed by atoms with Crippen molar-refractivity contribution in [2.75, 3.05) is 26.2 Å². The zero-order chi connectivity index (χ0) is 22.8. The molecule has 0 aliphatic carbocycles. The summed E-state index contributed by atoms with van der Waals surface area (Å²) < 4.78 is 13.4. The molecule has 2 fully saturated rings. The number of fused-ring (bicyclic) bond motifs is 1. The van der Waals surface area contributed by atoms with Crippen molar-refractivity contribution in [3.63, 3.8) is 0 Å². The molecule has 2 aliphatic rings. The van der Waals surface area contributed by atoms with E-state index < -0.39 is 5.41 Å². The second-order valence-corrected chi connectivity index (χ2v) is 9.26. The summed E-state index contributed by atoms with van der Waals surface area (Å²) in [5, 5.41) is 4.03. The monoisotopic (exact) mass is 445 g/mol. The van der Waals surface area contributed by atoms with Gasteiger partial charge in [-0.2, -0.15) is 0 Å². The molecule has 170 valence electrons. The van der Waals surface area contributed by atoms with Crippen LogP contribution in [0.4, 0.5) is 4.39 Å². The molecular weight excluding hydrogens is 417 g/mol. The Kier molecular flexibility index (Phi) is 5.94. The maximum absolute atomic E-state index is 13.4. The minimum Gasteiger partial charge on any atom is -0.355 e. The highest BCUT2D eigenvalue weighted by molar-refractivity contribution is 5.98. The molecule has 1 N–H and O–H groups in total. The van der Waals surface area contributed by atoms with Gasteiger partial charge in [-0.15, -0.1) is 0 Å². The van der Waals surface area contributed by atoms with Crippen LogP contribution in [0.2, 0.25) is 0 Å². The molecule has 0 radical (unpaired) electrons. The molecule has 33 heavy (non-hydrogen) atoms. The lowest BCUT2D eigenvalue weighted by Crippen LogP contribution is -2.46. The van der Waals surface area contributed by atoms with Crippen LogP contribution in [0.3, 0.4) is 0 Å². The minimum absolute atomic E-state index is 0.0785. The van der Waals surface area contributed by atoms with Crippen molar-refractivity contribution >= 4 is 22.6 Å². The topological polar surface area (TPSA) is 62.3 Å². The number of para-hydroxylation sites is 1. The third kappa shape index (κ3) is 4.27. The molecule has 1 atom stereocenters. The summed E-state index contributed by atoms with van der Waals surface area (Å²) in [6, 6.07) is 16.3. The highest BCUT2D eigenvalue weighted by Gasteiger charge is 2.51. The summed E-state index contributed by atoms with van der Waals surface area (Å²) in [6.07, 6.45) is 4.50. The second kappa shape index (κ2) is 9.02. The van der Waals surface area contributed by atoms with Gasteiger partial charge in [0.25, 0.3) is 0 Å². The summed E-state index contributed by atoms with van der Waals surface area (Å²) in [6.45, 7) is 3.11. The van der Waals surface area contributed by atoms with E-state index in [1.807, 2.05) is 42.5 Å². The van der Waals surface area contributed by atoms with Crippen LogP contribution in [0.1, 0.15) is 47.5 Å². The van der Waals surface area contributed by atoms with Gasteiger partial charge in [0.05, 0.1) is 10.9 Å². The van der Waals surface area contributed by atoms with E-state index in [4.69, 9.17) is 0 Å². The van der Waals surface area contributed by atoms with Crippen molar-refractivity contribution in [3.05, 3.63) is 77.7 Å². The summed E-state index contributed by atoms with van der Waals surface area (Å²) in [4.78, 5) is 32.2. The molecule has 0 bridgehead atoms. The fraction of sp³-hybridized carbons (Fsp3) is 0.370. The molecule has 0 unspecified atom stereocenters. The maximum atomic E-state index is 13.4. The highest BCUT2D eigenvalue weighted by Crippen LogP contribution is 2.47. The van der Waals surface area contributed by atoms with Crippen LogP contribution in [0, 0.1) is 11.2 Å². The van der Waals surface area contributed by atoms with Crippen molar-refractivity contribution in [1.29, 1.82) is 0 Å². The number of carbonyl (C=O) groups is 2. The molecule has 2 aliphatic heterocycles. The number of likely N-dealkylation sites (tertiary alicyclic amines) is 1. The van der Waals surface area contributed by atoms with Gasteiger partial charge < -0.3 is 10.2 Å². The van der Waals surface area contributed by atoms with E-state index in [0.29, 0.717) is 18.5 Å². The largest absolute Gasteiger partial charge is 0.355 e. The molecular formula is C27H28FN3O2. The quantitative estimate of drug-likeness (QED) is 0.574. The molecule has 5 nitrogen and oxygen atoms in total. The van der Waals surface area contributed by atoms with Crippen LogP contribution < -0.4 is 5.32 Å². The first-order valence-corrected chi connectivity index (χ1v) is 11.7. The number of nitrogens with one attached hydrogen (secondary N) is 1. The summed E-state index contributed by atoms with van der Waals surface area (Å²) in [5.74, 6) is 0.0624. The summed E-state index contributed by atoms with van der Waals surface area (Å²) in [5.41, 5.74) is 2.17. The molecule has 2 aromatic carbocycles. The van der Waals surface area contributed by atoms with Crippen molar-refractivity contribution in [2.45, 2.75) is 31.6 Å². The number of amides is 1. The van der Waals surface area contributed by atoms with Crippen LogP contribution in [0.25, 0.3) is 10.9 Å². The van der Waals surface area contributed by atoms with Gasteiger partial charge in [-0.05, 0) is 68.7 Å². The lowest BCUT2D eigenvalue weighted by atomic mass is 9.68. The molecule has 5 rings (SSSR count). The van der Waals surface area contributed by atoms with Gasteiger partial charge in [0.2, 0.25) is 5.91 Å². The van der Waals surface area contributed by atoms with Crippen LogP contribution in [0.15, 0.2) is 60.8 Å². The van der Waals surface area contributed by atoms with E-state index in [9.17, 15) is 14.0 Å². The Labute approximate surface area is 193 Å². The Bertz CT molecular complexity index is 1170. The van der Waals surface area contributed by atoms with Gasteiger partial charge in [-0.1, -0.05) is 30.3 Å². The molecule has 6 heteroatoms. The fourth-order valence-electron chi connectivity index (χ4n) is 5.44. The lowest BCUT2D eigenvalue weighted by molar-refractivity contribution is -0.130. The molecule has 3 aromatic rings. The Morgan fingerprint density at radius 1 is 1.12 bits per heavy atom. The Hall–Kier alpha value is -3.12. The number of ketones is 1. The number of hydrogen-bond donors (Lipinski definition) is 1. The van der Waals surface area contributed by atoms with Crippen LogP contribution in [-0.4, -0.2) is 47.8 Å². The number of Topliss-reactive ketones (excluding diaryl/α,β-unsaturated/α-hetero) is 1. The molecule has 1 amide bonds. The van der Waals surface area contributed by atoms with Crippen LogP contribution >= 0.6 is 0 Å². The van der Waals surface area contributed by atoms with E-state index in [-0.39, 0.29) is 23.4 Å². The summed E-state index contributed by atoms with van der Waals surface area (Å²) >= 11 is 0. The highest BCUT2D eigenvalue weighted by atomic mass is 19.1. The van der Waals surface area contributed by atoms with E-state index in [1.54, 1.807) is 6.20 Å². The average molecular weight is 446 g/mol. The number of nitrogens with zero attached hydrogens (tertiary/aromatic N) is 2. The van der Waals surface area contributed by atoms with Crippen molar-refractivity contribution < 1.29 is 14.0 Å². The zero-order valence-electron chi connectivity index (χ0n) is 18.6. The predicted molar refractivity (Wildman–Crippen MR) is 126 cm³/mol. The first-order chi connectivity index (χ1) is 16.0. The zero-order valence-corrected chi connectivity index (χ0v) is 18.6. The van der Waals surface area contributed by atoms with Crippen LogP contribution in [0.5, 0.6) is 0 Å². The van der Waals surface area contributed by atoms with Crippen molar-refractivity contribution in [1.82, 2.24) is 15.2 Å². The van der Waals surface area contributed by atoms with E-state index in [0.717, 1.165) is 55.4 Å². The molecule has 2 saturated heterocycles. The van der Waals surface area contributed by atoms with E-state index in [2.05, 4.69) is 15.2 Å². The standard InChI is InChI=1S/C27H28FN3O2/c28-22-9-7-19(8-10-22)23-18-30-26(33)27(23)11-14-31(15-12-27)13-3-6-25(32)21-16-20-4-1-2-5-24(20)29-17-21/h1-2,4-5,7-10,16-17,23H,3,6,11-15,18H2,(H,30,33)/t23-/m0/s1. The number of carbonyl (C=O) groups excluding carboxylic acids is 2. The third-order valence-corrected chi connectivity index (χ3v) is 7.40. The summed E-state index contributed by atoms with van der Waals surface area (Å²) in [7, 11) is 0. The Morgan fingerprint density at radius 3 is 2.67 bits per heavy atom. The van der Waals surface area contributed by atoms with Gasteiger partial charge in [0.1, 0.15) is 5.82 Å². The Balaban J connectivity index is 1.16. The number of rotatable bonds is 6. The van der Waals surface area contributed by atoms with Gasteiger partial charge in [0, 0.05) is 36.0 Å². The number of piperidine rings is 1. The molecule has 1 aromatic heterocycles. The van der Waals surface area contributed by atoms with Gasteiger partial charge in [-0.3, -0.25) is 14.6 Å². The Morgan fingerprint density at radius 2 is 1.88 bits per heavy atom. The average Bonchev–Trinajstić information content (AvgIpc) is 3.16. The van der Waals surface area contributed by atoms with Crippen molar-refractivity contribution in [2.24, 2.45) is 5.41 Å². The minimum atomic E-state index is -0.416. The number of aromatic nitrogens is 1. The van der Waals surface area contributed by atoms with Gasteiger partial charge >= 0.3 is 0 Å². The third-order valence-electron chi connectivity index (χ3n) is 7.40. The van der Waals surface area contributed by atoms with E-state index >= 15 is 0 Å². The predicted octanol–water partition coefficient (Wildman–Crippen LogP) is 4.33. The first-order valence-electron chi connectivity index (χ1n) is 11.7. The number of hydrogen-bond acceptors (Lipinski definition) is 4. The number of halogens is 1. The molecule has 3 heterocycles. The smallest absolute Gasteiger partial charge is 0.227 e. The maximum Gasteiger partial charge on any atom is 0.227 e. The normalized spacial score (nSPS) is 20.3. The number of benzene rings is 2. The number of pyridine rings is 1. The van der Waals surface area contributed by atoms with E-state index in [1.165, 1.54) is 12.1 Å². The van der Waals surface area contributed by atoms with Crippen molar-refractivity contribution in [3.8, 4) is 0 Å². The molecule has 0 saturated carbocycles. The second-order valence-electron chi connectivity index (χ2n) is 9.26. The molecule has 1 spiro atoms. The van der Waals surface area contributed by atoms with Gasteiger partial charge in [0.15, 0.2) is 5.78 Å². The van der Waals surface area contributed by atoms with Crippen LogP contribution in [-0.2, 0) is 4.79 Å². The SMILES string of the molecule is O=C(CCCN1CCC2(CC1)C(=O)NC[C@H]2c1ccc(F)cc1)c1cnc2ccccc2c1. The lowest BCUT2D eigenvalue weighted by Gasteiger charge is -2.41.